The van der Waals surface area contributed by atoms with E-state index in [0.29, 0.717) is 5.17 Å². The van der Waals surface area contributed by atoms with Gasteiger partial charge < -0.3 is 9.47 Å². The third-order valence-corrected chi connectivity index (χ3v) is 3.47. The van der Waals surface area contributed by atoms with Crippen molar-refractivity contribution in [1.29, 1.82) is 0 Å². The molecule has 1 aliphatic rings. The zero-order valence-electron chi connectivity index (χ0n) is 11.9. The first-order chi connectivity index (χ1) is 10.6. The van der Waals surface area contributed by atoms with Gasteiger partial charge in [0.15, 0.2) is 0 Å². The van der Waals surface area contributed by atoms with Gasteiger partial charge in [-0.25, -0.2) is 15.2 Å². The zero-order valence-corrected chi connectivity index (χ0v) is 12.7. The molecule has 0 radical (unpaired) electrons. The molecule has 1 amide bonds. The van der Waals surface area contributed by atoms with E-state index in [1.807, 2.05) is 24.3 Å². The van der Waals surface area contributed by atoms with Crippen LogP contribution in [0.3, 0.4) is 0 Å². The lowest BCUT2D eigenvalue weighted by molar-refractivity contribution is -0.135. The van der Waals surface area contributed by atoms with Crippen LogP contribution in [0.2, 0.25) is 0 Å². The first kappa shape index (κ1) is 15.8. The Morgan fingerprint density at radius 3 is 2.68 bits per heavy atom. The maximum absolute atomic E-state index is 11.6. The van der Waals surface area contributed by atoms with E-state index < -0.39 is 11.9 Å². The number of thioether (sulfide) groups is 1. The number of carbonyl (C=O) groups excluding carboxylic acids is 2. The van der Waals surface area contributed by atoms with Crippen LogP contribution in [0.4, 0.5) is 0 Å². The summed E-state index contributed by atoms with van der Waals surface area (Å²) in [6, 6.07) is 7.28. The lowest BCUT2D eigenvalue weighted by Gasteiger charge is -2.10. The lowest BCUT2D eigenvalue weighted by Crippen LogP contribution is -2.25. The first-order valence-electron chi connectivity index (χ1n) is 6.16. The number of amides is 1. The van der Waals surface area contributed by atoms with Crippen LogP contribution in [-0.4, -0.2) is 37.5 Å². The average molecular weight is 319 g/mol. The molecule has 114 valence electrons. The van der Waals surface area contributed by atoms with Crippen molar-refractivity contribution in [2.45, 2.75) is 0 Å². The molecule has 1 heterocycles. The quantitative estimate of drug-likeness (QED) is 0.515. The van der Waals surface area contributed by atoms with Crippen LogP contribution in [0.1, 0.15) is 5.56 Å². The van der Waals surface area contributed by atoms with Crippen LogP contribution >= 0.6 is 11.8 Å². The molecule has 2 rings (SSSR count). The number of hydrazone groups is 1. The van der Waals surface area contributed by atoms with Crippen LogP contribution < -0.4 is 10.2 Å². The molecule has 0 aromatic heterocycles. The molecule has 0 spiro atoms. The molecule has 1 aromatic carbocycles. The fourth-order valence-corrected chi connectivity index (χ4v) is 2.14. The highest BCUT2D eigenvalue weighted by Gasteiger charge is 2.19. The molecule has 8 heteroatoms. The molecule has 7 nitrogen and oxygen atoms in total. The highest BCUT2D eigenvalue weighted by atomic mass is 32.2. The Bertz CT molecular complexity index is 665. The number of rotatable bonds is 3. The Kier molecular flexibility index (Phi) is 5.31. The Balaban J connectivity index is 2.09. The van der Waals surface area contributed by atoms with E-state index >= 15 is 0 Å². The summed E-state index contributed by atoms with van der Waals surface area (Å²) in [5.74, 6) is -0.339. The second-order valence-corrected chi connectivity index (χ2v) is 5.01. The molecule has 0 saturated heterocycles. The van der Waals surface area contributed by atoms with Gasteiger partial charge in [-0.3, -0.25) is 4.79 Å². The Labute approximate surface area is 131 Å². The summed E-state index contributed by atoms with van der Waals surface area (Å²) in [6.07, 6.45) is 2.69. The minimum atomic E-state index is -0.613. The maximum atomic E-state index is 11.6. The van der Waals surface area contributed by atoms with Gasteiger partial charge in [-0.2, -0.15) is 0 Å². The Hall–Kier alpha value is -2.61. The van der Waals surface area contributed by atoms with Gasteiger partial charge in [0.1, 0.15) is 5.75 Å². The molecule has 1 aromatic rings. The number of nitrogens with zero attached hydrogens (tertiary/aromatic N) is 2. The van der Waals surface area contributed by atoms with E-state index in [1.54, 1.807) is 13.3 Å². The average Bonchev–Trinajstić information content (AvgIpc) is 2.55. The fraction of sp³-hybridized carbons (Fsp3) is 0.143. The van der Waals surface area contributed by atoms with Gasteiger partial charge in [-0.1, -0.05) is 0 Å². The molecule has 22 heavy (non-hydrogen) atoms. The van der Waals surface area contributed by atoms with E-state index in [0.717, 1.165) is 29.2 Å². The number of nitrogens with one attached hydrogen (secondary N) is 1. The van der Waals surface area contributed by atoms with Crippen molar-refractivity contribution < 1.29 is 19.1 Å². The molecule has 1 aliphatic heterocycles. The predicted molar refractivity (Wildman–Crippen MR) is 83.9 cm³/mol. The molecule has 0 bridgehead atoms. The number of esters is 1. The number of ether oxygens (including phenoxy) is 2. The summed E-state index contributed by atoms with van der Waals surface area (Å²) in [6.45, 7) is 0. The number of benzene rings is 1. The third kappa shape index (κ3) is 4.19. The van der Waals surface area contributed by atoms with Crippen molar-refractivity contribution in [3.63, 3.8) is 0 Å². The SMILES string of the molecule is COC(=O)C=C1SC(N=Cc2ccc(OC)cc2)=NNC1=O. The largest absolute Gasteiger partial charge is 0.497 e. The summed E-state index contributed by atoms with van der Waals surface area (Å²) < 4.78 is 9.55. The highest BCUT2D eigenvalue weighted by Crippen LogP contribution is 2.22. The number of aliphatic imine (C=N–C) groups is 1. The molecule has 0 saturated carbocycles. The minimum absolute atomic E-state index is 0.170. The van der Waals surface area contributed by atoms with Crippen molar-refractivity contribution in [2.75, 3.05) is 14.2 Å². The maximum Gasteiger partial charge on any atom is 0.331 e. The second-order valence-electron chi connectivity index (χ2n) is 4.00. The van der Waals surface area contributed by atoms with Crippen molar-refractivity contribution >= 4 is 35.0 Å². The van der Waals surface area contributed by atoms with E-state index in [1.165, 1.54) is 7.11 Å². The summed E-state index contributed by atoms with van der Waals surface area (Å²) in [7, 11) is 2.83. The van der Waals surface area contributed by atoms with Gasteiger partial charge in [0.2, 0.25) is 5.17 Å². The highest BCUT2D eigenvalue weighted by molar-refractivity contribution is 8.18. The van der Waals surface area contributed by atoms with Crippen molar-refractivity contribution in [3.8, 4) is 5.75 Å². The molecule has 1 N–H and O–H groups in total. The third-order valence-electron chi connectivity index (χ3n) is 2.57. The van der Waals surface area contributed by atoms with Gasteiger partial charge in [0, 0.05) is 12.3 Å². The smallest absolute Gasteiger partial charge is 0.331 e. The molecule has 0 aliphatic carbocycles. The fourth-order valence-electron chi connectivity index (χ4n) is 1.46. The standard InChI is InChI=1S/C14H13N3O4S/c1-20-10-5-3-9(4-6-10)8-15-14-17-16-13(19)11(22-14)7-12(18)21-2/h3-8H,1-2H3,(H,16,19). The van der Waals surface area contributed by atoms with Gasteiger partial charge in [-0.15, -0.1) is 5.10 Å². The monoisotopic (exact) mass is 319 g/mol. The number of amidine groups is 1. The van der Waals surface area contributed by atoms with Crippen LogP contribution in [-0.2, 0) is 14.3 Å². The van der Waals surface area contributed by atoms with Crippen LogP contribution in [0.25, 0.3) is 0 Å². The minimum Gasteiger partial charge on any atom is -0.497 e. The van der Waals surface area contributed by atoms with Crippen LogP contribution in [0.15, 0.2) is 45.3 Å². The van der Waals surface area contributed by atoms with Crippen LogP contribution in [0, 0.1) is 0 Å². The van der Waals surface area contributed by atoms with Gasteiger partial charge in [0.25, 0.3) is 5.91 Å². The Morgan fingerprint density at radius 2 is 2.05 bits per heavy atom. The number of hydrogen-bond donors (Lipinski definition) is 1. The molecule has 0 unspecified atom stereocenters. The first-order valence-corrected chi connectivity index (χ1v) is 6.97. The molecule has 0 atom stereocenters. The molecular weight excluding hydrogens is 306 g/mol. The van der Waals surface area contributed by atoms with Crippen molar-refractivity contribution in [3.05, 3.63) is 40.8 Å². The van der Waals surface area contributed by atoms with Gasteiger partial charge in [0.05, 0.1) is 19.1 Å². The lowest BCUT2D eigenvalue weighted by atomic mass is 10.2. The van der Waals surface area contributed by atoms with E-state index in [9.17, 15) is 9.59 Å². The molecule has 0 fully saturated rings. The summed E-state index contributed by atoms with van der Waals surface area (Å²) in [5.41, 5.74) is 3.13. The molecular formula is C14H13N3O4S. The number of methoxy groups -OCH3 is 2. The normalized spacial score (nSPS) is 16.4. The van der Waals surface area contributed by atoms with Crippen molar-refractivity contribution in [2.24, 2.45) is 10.1 Å². The Morgan fingerprint density at radius 1 is 1.32 bits per heavy atom. The predicted octanol–water partition coefficient (Wildman–Crippen LogP) is 1.30. The number of carbonyl (C=O) groups is 2. The van der Waals surface area contributed by atoms with Crippen LogP contribution in [0.5, 0.6) is 5.75 Å². The van der Waals surface area contributed by atoms with Gasteiger partial charge in [-0.05, 0) is 41.6 Å². The van der Waals surface area contributed by atoms with E-state index in [2.05, 4.69) is 20.3 Å². The summed E-state index contributed by atoms with van der Waals surface area (Å²) in [4.78, 5) is 27.1. The summed E-state index contributed by atoms with van der Waals surface area (Å²) in [5, 5.41) is 4.12. The zero-order chi connectivity index (χ0) is 15.9. The van der Waals surface area contributed by atoms with Gasteiger partial charge >= 0.3 is 5.97 Å². The van der Waals surface area contributed by atoms with Crippen molar-refractivity contribution in [1.82, 2.24) is 5.43 Å². The van der Waals surface area contributed by atoms with E-state index in [4.69, 9.17) is 4.74 Å². The second kappa shape index (κ2) is 7.41. The topological polar surface area (TPSA) is 89.3 Å². The number of hydrogen-bond acceptors (Lipinski definition) is 7. The summed E-state index contributed by atoms with van der Waals surface area (Å²) >= 11 is 0.986. The van der Waals surface area contributed by atoms with E-state index in [-0.39, 0.29) is 4.91 Å².